The zero-order chi connectivity index (χ0) is 15.8. The van der Waals surface area contributed by atoms with Crippen LogP contribution in [0.3, 0.4) is 0 Å². The lowest BCUT2D eigenvalue weighted by atomic mass is 9.95. The first-order chi connectivity index (χ1) is 9.68. The third kappa shape index (κ3) is 3.29. The van der Waals surface area contributed by atoms with Crippen LogP contribution >= 0.6 is 0 Å². The number of halogens is 1. The largest absolute Gasteiger partial charge is 0.383 e. The number of hydrogen-bond acceptors (Lipinski definition) is 4. The Morgan fingerprint density at radius 2 is 1.81 bits per heavy atom. The molecule has 0 spiro atoms. The molecule has 0 fully saturated rings. The first-order valence-electron chi connectivity index (χ1n) is 6.86. The van der Waals surface area contributed by atoms with Crippen LogP contribution in [0.4, 0.5) is 21.7 Å². The van der Waals surface area contributed by atoms with Crippen molar-refractivity contribution in [3.8, 4) is 0 Å². The van der Waals surface area contributed by atoms with Crippen molar-refractivity contribution in [2.45, 2.75) is 40.0 Å². The predicted octanol–water partition coefficient (Wildman–Crippen LogP) is 3.86. The van der Waals surface area contributed by atoms with Crippen LogP contribution in [0.25, 0.3) is 0 Å². The van der Waals surface area contributed by atoms with Gasteiger partial charge in [-0.3, -0.25) is 0 Å². The number of nitrogens with one attached hydrogen (secondary N) is 1. The predicted molar refractivity (Wildman–Crippen MR) is 84.3 cm³/mol. The fourth-order valence-corrected chi connectivity index (χ4v) is 1.85. The van der Waals surface area contributed by atoms with Gasteiger partial charge in [0, 0.05) is 11.0 Å². The second kappa shape index (κ2) is 5.31. The molecule has 0 saturated heterocycles. The van der Waals surface area contributed by atoms with E-state index in [1.165, 1.54) is 6.07 Å². The highest BCUT2D eigenvalue weighted by molar-refractivity contribution is 5.64. The van der Waals surface area contributed by atoms with E-state index in [0.29, 0.717) is 28.7 Å². The van der Waals surface area contributed by atoms with Gasteiger partial charge in [0.25, 0.3) is 0 Å². The molecule has 3 N–H and O–H groups in total. The summed E-state index contributed by atoms with van der Waals surface area (Å²) in [6.07, 6.45) is 0. The standard InChI is InChI=1S/C16H21FN4/c1-9-6-7-11(17)12(8-9)19-14-10(2)13(18)20-15(21-14)16(3,4)5/h6-8H,1-5H3,(H3,18,19,20,21). The minimum atomic E-state index is -0.325. The third-order valence-corrected chi connectivity index (χ3v) is 3.23. The number of hydrogen-bond donors (Lipinski definition) is 2. The van der Waals surface area contributed by atoms with Crippen molar-refractivity contribution < 1.29 is 4.39 Å². The average molecular weight is 288 g/mol. The van der Waals surface area contributed by atoms with Crippen LogP contribution in [-0.4, -0.2) is 9.97 Å². The minimum Gasteiger partial charge on any atom is -0.383 e. The van der Waals surface area contributed by atoms with Gasteiger partial charge in [-0.1, -0.05) is 26.8 Å². The molecule has 5 heteroatoms. The number of aromatic nitrogens is 2. The van der Waals surface area contributed by atoms with E-state index in [4.69, 9.17) is 5.73 Å². The van der Waals surface area contributed by atoms with E-state index in [1.807, 2.05) is 34.6 Å². The second-order valence-electron chi connectivity index (χ2n) is 6.26. The molecule has 0 aliphatic heterocycles. The molecule has 21 heavy (non-hydrogen) atoms. The monoisotopic (exact) mass is 288 g/mol. The van der Waals surface area contributed by atoms with Crippen molar-refractivity contribution in [1.82, 2.24) is 9.97 Å². The summed E-state index contributed by atoms with van der Waals surface area (Å²) in [6.45, 7) is 9.75. The molecule has 2 rings (SSSR count). The van der Waals surface area contributed by atoms with E-state index in [2.05, 4.69) is 15.3 Å². The Kier molecular flexibility index (Phi) is 3.85. The van der Waals surface area contributed by atoms with Gasteiger partial charge in [0.05, 0.1) is 5.69 Å². The van der Waals surface area contributed by atoms with Gasteiger partial charge in [-0.2, -0.15) is 0 Å². The molecule has 0 bridgehead atoms. The molecule has 0 atom stereocenters. The molecule has 1 aromatic heterocycles. The van der Waals surface area contributed by atoms with E-state index >= 15 is 0 Å². The molecule has 0 aliphatic rings. The summed E-state index contributed by atoms with van der Waals surface area (Å²) in [5, 5.41) is 3.03. The maximum Gasteiger partial charge on any atom is 0.146 e. The summed E-state index contributed by atoms with van der Waals surface area (Å²) >= 11 is 0. The summed E-state index contributed by atoms with van der Waals surface area (Å²) in [4.78, 5) is 8.82. The normalized spacial score (nSPS) is 11.5. The summed E-state index contributed by atoms with van der Waals surface area (Å²) in [5.74, 6) is 1.25. The van der Waals surface area contributed by atoms with Crippen molar-refractivity contribution in [3.63, 3.8) is 0 Å². The highest BCUT2D eigenvalue weighted by Gasteiger charge is 2.20. The molecule has 1 aromatic carbocycles. The first-order valence-corrected chi connectivity index (χ1v) is 6.86. The van der Waals surface area contributed by atoms with E-state index in [9.17, 15) is 4.39 Å². The van der Waals surface area contributed by atoms with Gasteiger partial charge in [-0.25, -0.2) is 14.4 Å². The molecule has 112 valence electrons. The number of nitrogen functional groups attached to an aromatic ring is 1. The van der Waals surface area contributed by atoms with E-state index in [-0.39, 0.29) is 11.2 Å². The Bertz CT molecular complexity index is 675. The molecular formula is C16H21FN4. The van der Waals surface area contributed by atoms with Crippen LogP contribution in [0, 0.1) is 19.7 Å². The highest BCUT2D eigenvalue weighted by Crippen LogP contribution is 2.28. The topological polar surface area (TPSA) is 63.8 Å². The maximum absolute atomic E-state index is 13.9. The molecular weight excluding hydrogens is 267 g/mol. The van der Waals surface area contributed by atoms with Gasteiger partial charge in [0.1, 0.15) is 23.3 Å². The minimum absolute atomic E-state index is 0.233. The molecule has 0 radical (unpaired) electrons. The third-order valence-electron chi connectivity index (χ3n) is 3.23. The zero-order valence-corrected chi connectivity index (χ0v) is 13.1. The van der Waals surface area contributed by atoms with Gasteiger partial charge in [0.15, 0.2) is 0 Å². The smallest absolute Gasteiger partial charge is 0.146 e. The lowest BCUT2D eigenvalue weighted by molar-refractivity contribution is 0.546. The van der Waals surface area contributed by atoms with Gasteiger partial charge in [-0.05, 0) is 31.5 Å². The molecule has 0 saturated carbocycles. The number of anilines is 3. The molecule has 0 aliphatic carbocycles. The van der Waals surface area contributed by atoms with Gasteiger partial charge in [-0.15, -0.1) is 0 Å². The van der Waals surface area contributed by atoms with Crippen molar-refractivity contribution >= 4 is 17.3 Å². The molecule has 0 unspecified atom stereocenters. The fraction of sp³-hybridized carbons (Fsp3) is 0.375. The number of aryl methyl sites for hydroxylation is 1. The number of rotatable bonds is 2. The van der Waals surface area contributed by atoms with Crippen LogP contribution in [0.1, 0.15) is 37.7 Å². The Hall–Kier alpha value is -2.17. The van der Waals surface area contributed by atoms with E-state index in [0.717, 1.165) is 5.56 Å². The van der Waals surface area contributed by atoms with Crippen LogP contribution in [-0.2, 0) is 5.41 Å². The molecule has 1 heterocycles. The zero-order valence-electron chi connectivity index (χ0n) is 13.1. The molecule has 2 aromatic rings. The Balaban J connectivity index is 2.49. The summed E-state index contributed by atoms with van der Waals surface area (Å²) < 4.78 is 13.9. The molecule has 4 nitrogen and oxygen atoms in total. The summed E-state index contributed by atoms with van der Waals surface area (Å²) in [6, 6.07) is 4.90. The Morgan fingerprint density at radius 1 is 1.14 bits per heavy atom. The maximum atomic E-state index is 13.9. The van der Waals surface area contributed by atoms with Gasteiger partial charge >= 0.3 is 0 Å². The SMILES string of the molecule is Cc1ccc(F)c(Nc2nc(C(C)(C)C)nc(N)c2C)c1. The van der Waals surface area contributed by atoms with Gasteiger partial charge in [0.2, 0.25) is 0 Å². The average Bonchev–Trinajstić information content (AvgIpc) is 2.37. The number of benzene rings is 1. The lowest BCUT2D eigenvalue weighted by Gasteiger charge is -2.20. The van der Waals surface area contributed by atoms with Crippen LogP contribution in [0.5, 0.6) is 0 Å². The highest BCUT2D eigenvalue weighted by atomic mass is 19.1. The Labute approximate surface area is 124 Å². The van der Waals surface area contributed by atoms with Gasteiger partial charge < -0.3 is 11.1 Å². The van der Waals surface area contributed by atoms with Crippen LogP contribution < -0.4 is 11.1 Å². The van der Waals surface area contributed by atoms with E-state index in [1.54, 1.807) is 12.1 Å². The molecule has 0 amide bonds. The lowest BCUT2D eigenvalue weighted by Crippen LogP contribution is -2.19. The van der Waals surface area contributed by atoms with Crippen molar-refractivity contribution in [3.05, 3.63) is 41.0 Å². The van der Waals surface area contributed by atoms with Crippen LogP contribution in [0.15, 0.2) is 18.2 Å². The van der Waals surface area contributed by atoms with Crippen molar-refractivity contribution in [1.29, 1.82) is 0 Å². The number of nitrogens with two attached hydrogens (primary N) is 1. The first kappa shape index (κ1) is 15.2. The number of nitrogens with zero attached hydrogens (tertiary/aromatic N) is 2. The van der Waals surface area contributed by atoms with E-state index < -0.39 is 0 Å². The summed E-state index contributed by atoms with van der Waals surface area (Å²) in [5.41, 5.74) is 7.79. The summed E-state index contributed by atoms with van der Waals surface area (Å²) in [7, 11) is 0. The van der Waals surface area contributed by atoms with Crippen molar-refractivity contribution in [2.24, 2.45) is 0 Å². The fourth-order valence-electron chi connectivity index (χ4n) is 1.85. The van der Waals surface area contributed by atoms with Crippen LogP contribution in [0.2, 0.25) is 0 Å². The Morgan fingerprint density at radius 3 is 2.43 bits per heavy atom. The quantitative estimate of drug-likeness (QED) is 0.881. The van der Waals surface area contributed by atoms with Crippen molar-refractivity contribution in [2.75, 3.05) is 11.1 Å². The second-order valence-corrected chi connectivity index (χ2v) is 6.26.